The summed E-state index contributed by atoms with van der Waals surface area (Å²) in [4.78, 5) is 12.3. The van der Waals surface area contributed by atoms with Crippen LogP contribution in [0.2, 0.25) is 0 Å². The molecule has 7 heteroatoms. The number of aromatic nitrogens is 2. The Morgan fingerprint density at radius 3 is 2.61 bits per heavy atom. The number of hydrogen-bond acceptors (Lipinski definition) is 5. The summed E-state index contributed by atoms with van der Waals surface area (Å²) in [7, 11) is 1.65. The van der Waals surface area contributed by atoms with Gasteiger partial charge in [-0.3, -0.25) is 4.79 Å². The molecular weight excluding hydrogens is 392 g/mol. The second kappa shape index (κ2) is 8.47. The molecule has 158 valence electrons. The Morgan fingerprint density at radius 2 is 2.00 bits per heavy atom. The second-order valence-corrected chi connectivity index (χ2v) is 7.30. The van der Waals surface area contributed by atoms with Crippen LogP contribution < -0.4 is 10.1 Å². The Hall–Kier alpha value is -3.87. The zero-order valence-corrected chi connectivity index (χ0v) is 17.7. The highest BCUT2D eigenvalue weighted by molar-refractivity contribution is 6.06. The van der Waals surface area contributed by atoms with Crippen LogP contribution in [0.3, 0.4) is 0 Å². The number of methoxy groups -OCH3 is 1. The standard InChI is InChI=1S/C24H24N4O3/c1-4-11-28-22-13-18(30-3)9-10-19(22)20(14-25)23(28)16-5-7-17(8-6-16)26-24(29)21-12-15(2)31-27-21/h5-10,12-14,25H,4,11H2,1-3H3,(H,26,29). The summed E-state index contributed by atoms with van der Waals surface area (Å²) >= 11 is 0. The normalized spacial score (nSPS) is 10.9. The van der Waals surface area contributed by atoms with Gasteiger partial charge in [-0.15, -0.1) is 0 Å². The van der Waals surface area contributed by atoms with Crippen molar-refractivity contribution in [1.29, 1.82) is 5.41 Å². The van der Waals surface area contributed by atoms with Gasteiger partial charge in [0.15, 0.2) is 5.69 Å². The Morgan fingerprint density at radius 1 is 1.23 bits per heavy atom. The van der Waals surface area contributed by atoms with Crippen molar-refractivity contribution in [1.82, 2.24) is 9.72 Å². The fourth-order valence-corrected chi connectivity index (χ4v) is 3.78. The number of amides is 1. The van der Waals surface area contributed by atoms with E-state index in [0.29, 0.717) is 11.4 Å². The first kappa shape index (κ1) is 20.4. The molecule has 0 aliphatic rings. The molecule has 0 fully saturated rings. The molecule has 4 rings (SSSR count). The van der Waals surface area contributed by atoms with Crippen LogP contribution in [0.25, 0.3) is 22.2 Å². The van der Waals surface area contributed by atoms with Crippen LogP contribution in [0.1, 0.15) is 35.2 Å². The van der Waals surface area contributed by atoms with Gasteiger partial charge in [0.2, 0.25) is 0 Å². The highest BCUT2D eigenvalue weighted by Crippen LogP contribution is 2.35. The fraction of sp³-hybridized carbons (Fsp3) is 0.208. The van der Waals surface area contributed by atoms with Gasteiger partial charge < -0.3 is 24.6 Å². The van der Waals surface area contributed by atoms with E-state index < -0.39 is 0 Å². The monoisotopic (exact) mass is 416 g/mol. The number of nitrogens with zero attached hydrogens (tertiary/aromatic N) is 2. The highest BCUT2D eigenvalue weighted by atomic mass is 16.5. The van der Waals surface area contributed by atoms with Gasteiger partial charge in [-0.05, 0) is 43.2 Å². The summed E-state index contributed by atoms with van der Waals surface area (Å²) in [5.74, 6) is 1.05. The molecule has 0 radical (unpaired) electrons. The smallest absolute Gasteiger partial charge is 0.277 e. The lowest BCUT2D eigenvalue weighted by molar-refractivity contribution is 0.101. The molecule has 0 spiro atoms. The molecule has 0 atom stereocenters. The topological polar surface area (TPSA) is 93.1 Å². The SMILES string of the molecule is CCCn1c(-c2ccc(NC(=O)c3cc(C)on3)cc2)c(C=N)c2ccc(OC)cc21. The van der Waals surface area contributed by atoms with Crippen LogP contribution in [-0.2, 0) is 6.54 Å². The van der Waals surface area contributed by atoms with E-state index in [4.69, 9.17) is 14.7 Å². The summed E-state index contributed by atoms with van der Waals surface area (Å²) in [6.45, 7) is 4.69. The van der Waals surface area contributed by atoms with Crippen molar-refractivity contribution >= 4 is 28.7 Å². The molecule has 0 unspecified atom stereocenters. The van der Waals surface area contributed by atoms with E-state index in [1.54, 1.807) is 20.1 Å². The molecule has 0 saturated carbocycles. The maximum Gasteiger partial charge on any atom is 0.277 e. The molecule has 0 aliphatic carbocycles. The van der Waals surface area contributed by atoms with Gasteiger partial charge in [-0.25, -0.2) is 0 Å². The minimum atomic E-state index is -0.322. The van der Waals surface area contributed by atoms with Crippen molar-refractivity contribution in [3.05, 3.63) is 65.5 Å². The van der Waals surface area contributed by atoms with Gasteiger partial charge >= 0.3 is 0 Å². The van der Waals surface area contributed by atoms with Crippen LogP contribution in [0.15, 0.2) is 53.1 Å². The van der Waals surface area contributed by atoms with E-state index in [0.717, 1.165) is 46.4 Å². The lowest BCUT2D eigenvalue weighted by Gasteiger charge is -2.12. The van der Waals surface area contributed by atoms with Crippen LogP contribution >= 0.6 is 0 Å². The van der Waals surface area contributed by atoms with Crippen molar-refractivity contribution in [2.75, 3.05) is 12.4 Å². The number of rotatable bonds is 7. The second-order valence-electron chi connectivity index (χ2n) is 7.30. The minimum absolute atomic E-state index is 0.240. The number of ether oxygens (including phenoxy) is 1. The first-order valence-electron chi connectivity index (χ1n) is 10.1. The number of anilines is 1. The minimum Gasteiger partial charge on any atom is -0.497 e. The molecule has 2 N–H and O–H groups in total. The van der Waals surface area contributed by atoms with Crippen LogP contribution in [0.4, 0.5) is 5.69 Å². The van der Waals surface area contributed by atoms with Crippen molar-refractivity contribution in [3.63, 3.8) is 0 Å². The number of nitrogens with one attached hydrogen (secondary N) is 2. The van der Waals surface area contributed by atoms with E-state index >= 15 is 0 Å². The lowest BCUT2D eigenvalue weighted by atomic mass is 10.1. The molecule has 0 bridgehead atoms. The van der Waals surface area contributed by atoms with Crippen molar-refractivity contribution < 1.29 is 14.1 Å². The number of hydrogen-bond donors (Lipinski definition) is 2. The predicted octanol–water partition coefficient (Wildman–Crippen LogP) is 5.27. The maximum atomic E-state index is 12.3. The van der Waals surface area contributed by atoms with Gasteiger partial charge in [0, 0.05) is 41.5 Å². The molecule has 7 nitrogen and oxygen atoms in total. The summed E-state index contributed by atoms with van der Waals surface area (Å²) in [5, 5.41) is 15.6. The number of fused-ring (bicyclic) bond motifs is 1. The summed E-state index contributed by atoms with van der Waals surface area (Å²) < 4.78 is 12.6. The van der Waals surface area contributed by atoms with E-state index in [-0.39, 0.29) is 11.6 Å². The Kier molecular flexibility index (Phi) is 5.58. The molecule has 2 aromatic heterocycles. The Bertz CT molecular complexity index is 1250. The van der Waals surface area contributed by atoms with Crippen molar-refractivity contribution in [3.8, 4) is 17.0 Å². The maximum absolute atomic E-state index is 12.3. The number of carbonyl (C=O) groups excluding carboxylic acids is 1. The zero-order valence-electron chi connectivity index (χ0n) is 17.7. The molecule has 1 amide bonds. The summed E-state index contributed by atoms with van der Waals surface area (Å²) in [5.41, 5.74) is 4.74. The number of benzene rings is 2. The quantitative estimate of drug-likeness (QED) is 0.401. The van der Waals surface area contributed by atoms with Crippen LogP contribution in [-0.4, -0.2) is 29.0 Å². The van der Waals surface area contributed by atoms with Gasteiger partial charge in [0.05, 0.1) is 18.3 Å². The van der Waals surface area contributed by atoms with Gasteiger partial charge in [0.1, 0.15) is 11.5 Å². The third-order valence-electron chi connectivity index (χ3n) is 5.18. The summed E-state index contributed by atoms with van der Waals surface area (Å²) in [6.07, 6.45) is 2.36. The molecule has 0 aliphatic heterocycles. The molecule has 4 aromatic rings. The van der Waals surface area contributed by atoms with Crippen LogP contribution in [0.5, 0.6) is 5.75 Å². The highest BCUT2D eigenvalue weighted by Gasteiger charge is 2.18. The number of carbonyl (C=O) groups is 1. The predicted molar refractivity (Wildman–Crippen MR) is 121 cm³/mol. The first-order valence-corrected chi connectivity index (χ1v) is 10.1. The third kappa shape index (κ3) is 3.82. The fourth-order valence-electron chi connectivity index (χ4n) is 3.78. The first-order chi connectivity index (χ1) is 15.0. The van der Waals surface area contributed by atoms with Gasteiger partial charge in [0.25, 0.3) is 5.91 Å². The molecule has 2 aromatic carbocycles. The largest absolute Gasteiger partial charge is 0.497 e. The molecule has 31 heavy (non-hydrogen) atoms. The third-order valence-corrected chi connectivity index (χ3v) is 5.18. The van der Waals surface area contributed by atoms with E-state index in [2.05, 4.69) is 22.0 Å². The van der Waals surface area contributed by atoms with Gasteiger partial charge in [-0.1, -0.05) is 24.2 Å². The summed E-state index contributed by atoms with van der Waals surface area (Å²) in [6, 6.07) is 15.1. The van der Waals surface area contributed by atoms with Crippen LogP contribution in [0, 0.1) is 12.3 Å². The zero-order chi connectivity index (χ0) is 22.0. The van der Waals surface area contributed by atoms with E-state index in [1.165, 1.54) is 6.21 Å². The molecular formula is C24H24N4O3. The van der Waals surface area contributed by atoms with Crippen molar-refractivity contribution in [2.24, 2.45) is 0 Å². The lowest BCUT2D eigenvalue weighted by Crippen LogP contribution is -2.12. The van der Waals surface area contributed by atoms with E-state index in [1.807, 2.05) is 42.5 Å². The number of aryl methyl sites for hydroxylation is 2. The Labute approximate surface area is 180 Å². The van der Waals surface area contributed by atoms with Gasteiger partial charge in [-0.2, -0.15) is 0 Å². The average Bonchev–Trinajstić information content (AvgIpc) is 3.35. The van der Waals surface area contributed by atoms with Crippen molar-refractivity contribution in [2.45, 2.75) is 26.8 Å². The van der Waals surface area contributed by atoms with E-state index in [9.17, 15) is 4.79 Å². The molecule has 2 heterocycles. The average molecular weight is 416 g/mol. The molecule has 0 saturated heterocycles. The Balaban J connectivity index is 1.73.